The molecule has 1 aromatic carbocycles. The van der Waals surface area contributed by atoms with E-state index in [1.807, 2.05) is 36.4 Å². The van der Waals surface area contributed by atoms with Crippen LogP contribution >= 0.6 is 0 Å². The maximum absolute atomic E-state index is 12.1. The normalized spacial score (nSPS) is 11.0. The number of amides is 1. The minimum absolute atomic E-state index is 0.250. The van der Waals surface area contributed by atoms with E-state index < -0.39 is 6.04 Å². The Hall–Kier alpha value is -3.52. The number of aromatic nitrogens is 3. The third-order valence-corrected chi connectivity index (χ3v) is 3.45. The van der Waals surface area contributed by atoms with E-state index in [0.29, 0.717) is 12.2 Å². The van der Waals surface area contributed by atoms with Gasteiger partial charge in [0.1, 0.15) is 5.82 Å². The summed E-state index contributed by atoms with van der Waals surface area (Å²) in [4.78, 5) is 31.5. The van der Waals surface area contributed by atoms with Gasteiger partial charge in [0.25, 0.3) is 6.47 Å². The highest BCUT2D eigenvalue weighted by Crippen LogP contribution is 2.19. The van der Waals surface area contributed by atoms with Gasteiger partial charge in [-0.1, -0.05) is 30.3 Å². The number of H-pyrrole nitrogens is 1. The summed E-state index contributed by atoms with van der Waals surface area (Å²) in [6.45, 7) is -0.250. The Morgan fingerprint density at radius 3 is 2.50 bits per heavy atom. The molecule has 0 saturated carbocycles. The van der Waals surface area contributed by atoms with Crippen molar-refractivity contribution in [2.24, 2.45) is 5.73 Å². The van der Waals surface area contributed by atoms with Crippen molar-refractivity contribution in [3.8, 4) is 11.1 Å². The van der Waals surface area contributed by atoms with Crippen LogP contribution < -0.4 is 11.1 Å². The van der Waals surface area contributed by atoms with Crippen LogP contribution in [-0.4, -0.2) is 38.5 Å². The van der Waals surface area contributed by atoms with Crippen LogP contribution in [0.5, 0.6) is 0 Å². The first-order chi connectivity index (χ1) is 12.6. The van der Waals surface area contributed by atoms with Crippen molar-refractivity contribution in [3.05, 3.63) is 66.9 Å². The van der Waals surface area contributed by atoms with Crippen molar-refractivity contribution < 1.29 is 14.7 Å². The molecule has 8 nitrogen and oxygen atoms in total. The predicted molar refractivity (Wildman–Crippen MR) is 97.3 cm³/mol. The quantitative estimate of drug-likeness (QED) is 0.516. The molecule has 1 unspecified atom stereocenters. The number of pyridine rings is 1. The maximum Gasteiger partial charge on any atom is 0.290 e. The lowest BCUT2D eigenvalue weighted by Gasteiger charge is -2.11. The molecule has 8 heteroatoms. The van der Waals surface area contributed by atoms with Crippen LogP contribution in [0.3, 0.4) is 0 Å². The van der Waals surface area contributed by atoms with E-state index in [-0.39, 0.29) is 12.4 Å². The zero-order chi connectivity index (χ0) is 18.8. The molecule has 1 atom stereocenters. The number of hydrogen-bond donors (Lipinski definition) is 4. The lowest BCUT2D eigenvalue weighted by molar-refractivity contribution is -0.123. The van der Waals surface area contributed by atoms with Gasteiger partial charge in [-0.3, -0.25) is 9.59 Å². The number of aromatic amines is 1. The summed E-state index contributed by atoms with van der Waals surface area (Å²) in [7, 11) is 0. The SMILES string of the molecule is NC(Cc1cnc[nH]1)C(=O)Nc1ccc(-c2ccccc2)cn1.O=CO. The van der Waals surface area contributed by atoms with Crippen molar-refractivity contribution >= 4 is 18.2 Å². The van der Waals surface area contributed by atoms with E-state index in [0.717, 1.165) is 16.8 Å². The van der Waals surface area contributed by atoms with E-state index >= 15 is 0 Å². The Balaban J connectivity index is 0.000000758. The molecule has 0 fully saturated rings. The van der Waals surface area contributed by atoms with Gasteiger partial charge in [0, 0.05) is 30.1 Å². The molecule has 0 aliphatic heterocycles. The topological polar surface area (TPSA) is 134 Å². The molecule has 3 rings (SSSR count). The van der Waals surface area contributed by atoms with E-state index in [9.17, 15) is 4.79 Å². The summed E-state index contributed by atoms with van der Waals surface area (Å²) in [6.07, 6.45) is 5.34. The first-order valence-electron chi connectivity index (χ1n) is 7.77. The van der Waals surface area contributed by atoms with E-state index in [1.165, 1.54) is 0 Å². The number of benzene rings is 1. The second kappa shape index (κ2) is 9.70. The van der Waals surface area contributed by atoms with Gasteiger partial charge in [0.2, 0.25) is 5.91 Å². The van der Waals surface area contributed by atoms with Crippen molar-refractivity contribution in [2.45, 2.75) is 12.5 Å². The average Bonchev–Trinajstić information content (AvgIpc) is 3.17. The number of nitrogens with zero attached hydrogens (tertiary/aromatic N) is 2. The largest absolute Gasteiger partial charge is 0.483 e. The average molecular weight is 353 g/mol. The van der Waals surface area contributed by atoms with Gasteiger partial charge in [-0.15, -0.1) is 0 Å². The highest BCUT2D eigenvalue weighted by molar-refractivity contribution is 5.94. The van der Waals surface area contributed by atoms with Gasteiger partial charge < -0.3 is 21.1 Å². The minimum Gasteiger partial charge on any atom is -0.483 e. The second-order valence-electron chi connectivity index (χ2n) is 5.28. The number of hydrogen-bond acceptors (Lipinski definition) is 5. The van der Waals surface area contributed by atoms with Crippen LogP contribution in [0.25, 0.3) is 11.1 Å². The monoisotopic (exact) mass is 353 g/mol. The van der Waals surface area contributed by atoms with Gasteiger partial charge in [0.15, 0.2) is 0 Å². The van der Waals surface area contributed by atoms with Crippen molar-refractivity contribution in [1.29, 1.82) is 0 Å². The molecule has 0 aliphatic carbocycles. The molecule has 0 spiro atoms. The molecule has 2 heterocycles. The van der Waals surface area contributed by atoms with Crippen LogP contribution in [0, 0.1) is 0 Å². The zero-order valence-corrected chi connectivity index (χ0v) is 13.9. The fraction of sp³-hybridized carbons (Fsp3) is 0.111. The van der Waals surface area contributed by atoms with Crippen LogP contribution in [0.2, 0.25) is 0 Å². The van der Waals surface area contributed by atoms with Crippen molar-refractivity contribution in [1.82, 2.24) is 15.0 Å². The second-order valence-corrected chi connectivity index (χ2v) is 5.28. The Bertz CT molecular complexity index is 805. The Morgan fingerprint density at radius 2 is 1.92 bits per heavy atom. The molecule has 0 saturated heterocycles. The summed E-state index contributed by atoms with van der Waals surface area (Å²) in [5, 5.41) is 9.61. The molecule has 1 amide bonds. The van der Waals surface area contributed by atoms with Crippen LogP contribution in [0.4, 0.5) is 5.82 Å². The summed E-state index contributed by atoms with van der Waals surface area (Å²) in [5.74, 6) is 0.203. The lowest BCUT2D eigenvalue weighted by atomic mass is 10.1. The summed E-state index contributed by atoms with van der Waals surface area (Å²) >= 11 is 0. The molecule has 3 aromatic rings. The van der Waals surface area contributed by atoms with Crippen LogP contribution in [0.1, 0.15) is 5.69 Å². The Morgan fingerprint density at radius 1 is 1.19 bits per heavy atom. The van der Waals surface area contributed by atoms with E-state index in [4.69, 9.17) is 15.6 Å². The van der Waals surface area contributed by atoms with Crippen LogP contribution in [-0.2, 0) is 16.0 Å². The summed E-state index contributed by atoms with van der Waals surface area (Å²) in [6, 6.07) is 12.9. The molecular weight excluding hydrogens is 334 g/mol. The fourth-order valence-electron chi connectivity index (χ4n) is 2.21. The third kappa shape index (κ3) is 5.53. The highest BCUT2D eigenvalue weighted by atomic mass is 16.3. The number of rotatable bonds is 5. The van der Waals surface area contributed by atoms with Crippen molar-refractivity contribution in [3.63, 3.8) is 0 Å². The first kappa shape index (κ1) is 18.8. The molecule has 5 N–H and O–H groups in total. The number of imidazole rings is 1. The summed E-state index contributed by atoms with van der Waals surface area (Å²) < 4.78 is 0. The third-order valence-electron chi connectivity index (χ3n) is 3.45. The predicted octanol–water partition coefficient (Wildman–Crippen LogP) is 1.68. The molecule has 134 valence electrons. The molecular formula is C18H19N5O3. The standard InChI is InChI=1S/C17H17N5O.CH2O2/c18-15(8-14-10-19-11-21-14)17(23)22-16-7-6-13(9-20-16)12-4-2-1-3-5-12;2-1-3/h1-7,9-11,15H,8,18H2,(H,19,21)(H,20,22,23);1H,(H,2,3). The first-order valence-corrected chi connectivity index (χ1v) is 7.77. The number of carbonyl (C=O) groups excluding carboxylic acids is 1. The van der Waals surface area contributed by atoms with Gasteiger partial charge in [-0.05, 0) is 17.7 Å². The minimum atomic E-state index is -0.661. The Labute approximate surface area is 150 Å². The number of carbonyl (C=O) groups is 2. The molecule has 26 heavy (non-hydrogen) atoms. The molecule has 0 bridgehead atoms. The van der Waals surface area contributed by atoms with Crippen LogP contribution in [0.15, 0.2) is 61.2 Å². The summed E-state index contributed by atoms with van der Waals surface area (Å²) in [5.41, 5.74) is 8.78. The van der Waals surface area contributed by atoms with Gasteiger partial charge in [-0.25, -0.2) is 9.97 Å². The number of nitrogens with one attached hydrogen (secondary N) is 2. The van der Waals surface area contributed by atoms with E-state index in [1.54, 1.807) is 24.8 Å². The maximum atomic E-state index is 12.1. The zero-order valence-electron chi connectivity index (χ0n) is 13.9. The number of anilines is 1. The Kier molecular flexibility index (Phi) is 7.02. The van der Waals surface area contributed by atoms with E-state index in [2.05, 4.69) is 20.3 Å². The van der Waals surface area contributed by atoms with Gasteiger partial charge >= 0.3 is 0 Å². The van der Waals surface area contributed by atoms with Gasteiger partial charge in [0.05, 0.1) is 12.4 Å². The lowest BCUT2D eigenvalue weighted by Crippen LogP contribution is -2.37. The smallest absolute Gasteiger partial charge is 0.290 e. The molecule has 2 aromatic heterocycles. The number of carboxylic acid groups (broad SMARTS) is 1. The number of nitrogens with two attached hydrogens (primary N) is 1. The van der Waals surface area contributed by atoms with Gasteiger partial charge in [-0.2, -0.15) is 0 Å². The molecule has 0 radical (unpaired) electrons. The fourth-order valence-corrected chi connectivity index (χ4v) is 2.21. The molecule has 0 aliphatic rings. The highest BCUT2D eigenvalue weighted by Gasteiger charge is 2.15. The van der Waals surface area contributed by atoms with Crippen molar-refractivity contribution in [2.75, 3.05) is 5.32 Å².